The molecule has 0 N–H and O–H groups in total. The third kappa shape index (κ3) is 4.37. The molecule has 0 fully saturated rings. The third-order valence-electron chi connectivity index (χ3n) is 4.76. The van der Waals surface area contributed by atoms with Crippen LogP contribution in [-0.4, -0.2) is 40.0 Å². The molecule has 0 spiro atoms. The molecule has 2 aromatic heterocycles. The first-order valence-corrected chi connectivity index (χ1v) is 10.1. The van der Waals surface area contributed by atoms with Crippen LogP contribution in [0.3, 0.4) is 0 Å². The first kappa shape index (κ1) is 20.7. The summed E-state index contributed by atoms with van der Waals surface area (Å²) in [6, 6.07) is 6.85. The minimum atomic E-state index is -0.602. The molecule has 0 unspecified atom stereocenters. The van der Waals surface area contributed by atoms with Crippen molar-refractivity contribution in [1.29, 1.82) is 0 Å². The summed E-state index contributed by atoms with van der Waals surface area (Å²) in [7, 11) is 1.68. The van der Waals surface area contributed by atoms with Gasteiger partial charge in [0.2, 0.25) is 0 Å². The Bertz CT molecular complexity index is 1130. The van der Waals surface area contributed by atoms with Gasteiger partial charge in [-0.05, 0) is 56.0 Å². The Morgan fingerprint density at radius 3 is 2.66 bits per heavy atom. The van der Waals surface area contributed by atoms with E-state index in [2.05, 4.69) is 4.98 Å². The molecule has 0 bridgehead atoms. The average Bonchev–Trinajstić information content (AvgIpc) is 3.10. The molecule has 3 aromatic rings. The van der Waals surface area contributed by atoms with E-state index in [1.807, 2.05) is 25.3 Å². The van der Waals surface area contributed by atoms with Crippen LogP contribution < -0.4 is 5.56 Å². The Labute approximate surface area is 172 Å². The molecule has 0 radical (unpaired) electrons. The van der Waals surface area contributed by atoms with Gasteiger partial charge in [0.1, 0.15) is 5.69 Å². The number of nitrogens with zero attached hydrogens (tertiary/aromatic N) is 3. The van der Waals surface area contributed by atoms with Crippen LogP contribution in [0.15, 0.2) is 34.4 Å². The number of benzene rings is 1. The van der Waals surface area contributed by atoms with E-state index in [-0.39, 0.29) is 23.6 Å². The van der Waals surface area contributed by atoms with Crippen molar-refractivity contribution in [3.05, 3.63) is 61.7 Å². The molecule has 152 valence electrons. The zero-order chi connectivity index (χ0) is 21.1. The van der Waals surface area contributed by atoms with Gasteiger partial charge in [-0.2, -0.15) is 0 Å². The van der Waals surface area contributed by atoms with Gasteiger partial charge in [-0.1, -0.05) is 0 Å². The number of carbonyl (C=O) groups excluding carboxylic acids is 2. The van der Waals surface area contributed by atoms with Crippen molar-refractivity contribution in [2.45, 2.75) is 33.9 Å². The average molecular weight is 413 g/mol. The third-order valence-corrected chi connectivity index (χ3v) is 5.77. The van der Waals surface area contributed by atoms with Crippen LogP contribution in [0, 0.1) is 13.8 Å². The SMILES string of the molecule is CCn1c(=O)c(C)nc2cc(C(=O)OCC(=O)N(C)Cc3sccc3C)ccc21. The number of fused-ring (bicyclic) bond motifs is 1. The molecular weight excluding hydrogens is 390 g/mol. The summed E-state index contributed by atoms with van der Waals surface area (Å²) in [6.45, 7) is 6.17. The van der Waals surface area contributed by atoms with Crippen molar-refractivity contribution >= 4 is 34.2 Å². The number of ether oxygens (including phenoxy) is 1. The molecular formula is C21H23N3O4S. The highest BCUT2D eigenvalue weighted by atomic mass is 32.1. The van der Waals surface area contributed by atoms with Crippen LogP contribution in [0.5, 0.6) is 0 Å². The van der Waals surface area contributed by atoms with Crippen molar-refractivity contribution in [3.63, 3.8) is 0 Å². The second kappa shape index (κ2) is 8.57. The number of likely N-dealkylation sites (N-methyl/N-ethyl adjacent to an activating group) is 1. The van der Waals surface area contributed by atoms with E-state index in [9.17, 15) is 14.4 Å². The summed E-state index contributed by atoms with van der Waals surface area (Å²) < 4.78 is 6.81. The van der Waals surface area contributed by atoms with Gasteiger partial charge in [0.15, 0.2) is 6.61 Å². The van der Waals surface area contributed by atoms with E-state index >= 15 is 0 Å². The van der Waals surface area contributed by atoms with E-state index in [1.165, 1.54) is 4.90 Å². The lowest BCUT2D eigenvalue weighted by Gasteiger charge is -2.17. The van der Waals surface area contributed by atoms with E-state index < -0.39 is 5.97 Å². The number of amides is 1. The molecule has 1 aromatic carbocycles. The summed E-state index contributed by atoms with van der Waals surface area (Å²) in [6.07, 6.45) is 0. The number of aromatic nitrogens is 2. The van der Waals surface area contributed by atoms with Gasteiger partial charge in [-0.25, -0.2) is 9.78 Å². The van der Waals surface area contributed by atoms with Crippen molar-refractivity contribution in [2.24, 2.45) is 0 Å². The highest BCUT2D eigenvalue weighted by Crippen LogP contribution is 2.17. The maximum absolute atomic E-state index is 12.4. The number of carbonyl (C=O) groups is 2. The molecule has 3 rings (SSSR count). The van der Waals surface area contributed by atoms with Gasteiger partial charge >= 0.3 is 5.97 Å². The molecule has 0 atom stereocenters. The lowest BCUT2D eigenvalue weighted by Crippen LogP contribution is -2.30. The Morgan fingerprint density at radius 1 is 1.24 bits per heavy atom. The molecule has 2 heterocycles. The monoisotopic (exact) mass is 413 g/mol. The van der Waals surface area contributed by atoms with Gasteiger partial charge in [0.25, 0.3) is 11.5 Å². The van der Waals surface area contributed by atoms with E-state index in [0.29, 0.717) is 29.8 Å². The van der Waals surface area contributed by atoms with Crippen LogP contribution in [0.25, 0.3) is 11.0 Å². The van der Waals surface area contributed by atoms with Crippen LogP contribution in [-0.2, 0) is 22.6 Å². The van der Waals surface area contributed by atoms with Crippen molar-refractivity contribution in [2.75, 3.05) is 13.7 Å². The summed E-state index contributed by atoms with van der Waals surface area (Å²) in [5, 5.41) is 1.98. The summed E-state index contributed by atoms with van der Waals surface area (Å²) in [4.78, 5) is 43.8. The van der Waals surface area contributed by atoms with Gasteiger partial charge in [0, 0.05) is 18.5 Å². The quantitative estimate of drug-likeness (QED) is 0.581. The Balaban J connectivity index is 1.69. The Morgan fingerprint density at radius 2 is 2.00 bits per heavy atom. The largest absolute Gasteiger partial charge is 0.452 e. The number of hydrogen-bond donors (Lipinski definition) is 0. The van der Waals surface area contributed by atoms with Gasteiger partial charge in [-0.3, -0.25) is 9.59 Å². The molecule has 8 heteroatoms. The predicted octanol–water partition coefficient (Wildman–Crippen LogP) is 2.91. The van der Waals surface area contributed by atoms with Gasteiger partial charge in [-0.15, -0.1) is 11.3 Å². The number of rotatable bonds is 6. The fourth-order valence-electron chi connectivity index (χ4n) is 3.01. The fourth-order valence-corrected chi connectivity index (χ4v) is 3.96. The molecule has 1 amide bonds. The van der Waals surface area contributed by atoms with Crippen molar-refractivity contribution in [1.82, 2.24) is 14.5 Å². The predicted molar refractivity (Wildman–Crippen MR) is 112 cm³/mol. The molecule has 7 nitrogen and oxygen atoms in total. The first-order valence-electron chi connectivity index (χ1n) is 9.27. The Kier molecular flexibility index (Phi) is 6.12. The minimum absolute atomic E-state index is 0.148. The minimum Gasteiger partial charge on any atom is -0.452 e. The van der Waals surface area contributed by atoms with Crippen molar-refractivity contribution in [3.8, 4) is 0 Å². The summed E-state index contributed by atoms with van der Waals surface area (Å²) in [5.41, 5.74) is 2.83. The fraction of sp³-hybridized carbons (Fsp3) is 0.333. The smallest absolute Gasteiger partial charge is 0.338 e. The number of hydrogen-bond acceptors (Lipinski definition) is 6. The standard InChI is InChI=1S/C21H23N3O4S/c1-5-24-17-7-6-15(10-16(17)22-14(3)20(24)26)21(27)28-12-19(25)23(4)11-18-13(2)8-9-29-18/h6-10H,5,11-12H2,1-4H3. The molecule has 0 saturated heterocycles. The second-order valence-corrected chi connectivity index (χ2v) is 7.80. The van der Waals surface area contributed by atoms with Crippen LogP contribution in [0.2, 0.25) is 0 Å². The Hall–Kier alpha value is -3.00. The molecule has 29 heavy (non-hydrogen) atoms. The maximum Gasteiger partial charge on any atom is 0.338 e. The van der Waals surface area contributed by atoms with E-state index in [1.54, 1.807) is 48.1 Å². The first-order chi connectivity index (χ1) is 13.8. The topological polar surface area (TPSA) is 81.5 Å². The number of aryl methyl sites for hydroxylation is 3. The molecule has 0 aliphatic rings. The number of thiophene rings is 1. The van der Waals surface area contributed by atoms with E-state index in [4.69, 9.17) is 4.74 Å². The second-order valence-electron chi connectivity index (χ2n) is 6.80. The lowest BCUT2D eigenvalue weighted by molar-refractivity contribution is -0.133. The number of esters is 1. The highest BCUT2D eigenvalue weighted by Gasteiger charge is 2.16. The van der Waals surface area contributed by atoms with Crippen molar-refractivity contribution < 1.29 is 14.3 Å². The lowest BCUT2D eigenvalue weighted by atomic mass is 10.2. The maximum atomic E-state index is 12.4. The van der Waals surface area contributed by atoms with Crippen LogP contribution in [0.1, 0.15) is 33.4 Å². The van der Waals surface area contributed by atoms with E-state index in [0.717, 1.165) is 10.4 Å². The van der Waals surface area contributed by atoms with Crippen LogP contribution >= 0.6 is 11.3 Å². The summed E-state index contributed by atoms with van der Waals surface area (Å²) in [5.74, 6) is -0.879. The normalized spacial score (nSPS) is 10.9. The highest BCUT2D eigenvalue weighted by molar-refractivity contribution is 7.10. The van der Waals surface area contributed by atoms with Crippen LogP contribution in [0.4, 0.5) is 0 Å². The molecule has 0 aliphatic heterocycles. The summed E-state index contributed by atoms with van der Waals surface area (Å²) >= 11 is 1.59. The zero-order valence-electron chi connectivity index (χ0n) is 16.9. The van der Waals surface area contributed by atoms with Gasteiger partial charge in [0.05, 0.1) is 23.1 Å². The molecule has 0 saturated carbocycles. The zero-order valence-corrected chi connectivity index (χ0v) is 17.7. The van der Waals surface area contributed by atoms with Gasteiger partial charge < -0.3 is 14.2 Å². The molecule has 0 aliphatic carbocycles.